The Morgan fingerprint density at radius 3 is 2.41 bits per heavy atom. The van der Waals surface area contributed by atoms with E-state index in [4.69, 9.17) is 9.15 Å². The fraction of sp³-hybridized carbons (Fsp3) is 0.333. The minimum Gasteiger partial charge on any atom is -0.497 e. The van der Waals surface area contributed by atoms with E-state index in [1.54, 1.807) is 16.8 Å². The lowest BCUT2D eigenvalue weighted by molar-refractivity contribution is 0.102. The van der Waals surface area contributed by atoms with E-state index in [-0.39, 0.29) is 10.8 Å². The average Bonchev–Trinajstić information content (AvgIpc) is 3.55. The predicted molar refractivity (Wildman–Crippen MR) is 147 cm³/mol. The largest absolute Gasteiger partial charge is 0.497 e. The number of methoxy groups -OCH3 is 1. The summed E-state index contributed by atoms with van der Waals surface area (Å²) in [6.45, 7) is 5.06. The Morgan fingerprint density at radius 1 is 1.05 bits per heavy atom. The maximum Gasteiger partial charge on any atom is 0.257 e. The SMILES string of the molecule is CCCCN(CCCC)S(=O)(=O)c1ccc(C(=O)Nc2nc(-c3cc4cc(OC)ccc4o3)cs2)cc1. The Balaban J connectivity index is 1.45. The number of hydrogen-bond acceptors (Lipinski definition) is 7. The monoisotopic (exact) mass is 541 g/mol. The number of sulfonamides is 1. The first-order valence-corrected chi connectivity index (χ1v) is 14.6. The lowest BCUT2D eigenvalue weighted by Crippen LogP contribution is -2.33. The molecule has 2 aromatic carbocycles. The van der Waals surface area contributed by atoms with Crippen LogP contribution in [0.4, 0.5) is 5.13 Å². The summed E-state index contributed by atoms with van der Waals surface area (Å²) in [5.74, 6) is 0.956. The zero-order valence-electron chi connectivity index (χ0n) is 21.2. The van der Waals surface area contributed by atoms with E-state index in [1.165, 1.54) is 35.6 Å². The number of thiazole rings is 1. The van der Waals surface area contributed by atoms with Crippen LogP contribution in [0.3, 0.4) is 0 Å². The Morgan fingerprint density at radius 2 is 1.76 bits per heavy atom. The van der Waals surface area contributed by atoms with E-state index in [2.05, 4.69) is 10.3 Å². The fourth-order valence-electron chi connectivity index (χ4n) is 3.84. The van der Waals surface area contributed by atoms with Crippen LogP contribution in [0.15, 0.2) is 63.2 Å². The van der Waals surface area contributed by atoms with Crippen LogP contribution in [0.5, 0.6) is 5.75 Å². The van der Waals surface area contributed by atoms with Gasteiger partial charge in [0, 0.05) is 29.4 Å². The zero-order chi connectivity index (χ0) is 26.4. The molecule has 2 heterocycles. The predicted octanol–water partition coefficient (Wildman–Crippen LogP) is 6.41. The maximum atomic E-state index is 13.2. The summed E-state index contributed by atoms with van der Waals surface area (Å²) in [4.78, 5) is 17.5. The van der Waals surface area contributed by atoms with Crippen molar-refractivity contribution in [2.24, 2.45) is 0 Å². The highest BCUT2D eigenvalue weighted by molar-refractivity contribution is 7.89. The van der Waals surface area contributed by atoms with Gasteiger partial charge in [-0.2, -0.15) is 4.31 Å². The summed E-state index contributed by atoms with van der Waals surface area (Å²) in [6.07, 6.45) is 3.45. The zero-order valence-corrected chi connectivity index (χ0v) is 22.8. The molecule has 1 amide bonds. The molecule has 0 unspecified atom stereocenters. The second kappa shape index (κ2) is 11.9. The molecule has 0 bridgehead atoms. The molecule has 0 saturated heterocycles. The lowest BCUT2D eigenvalue weighted by Gasteiger charge is -2.22. The van der Waals surface area contributed by atoms with Crippen LogP contribution in [0.25, 0.3) is 22.4 Å². The number of rotatable bonds is 12. The molecular weight excluding hydrogens is 510 g/mol. The lowest BCUT2D eigenvalue weighted by atomic mass is 10.2. The third-order valence-electron chi connectivity index (χ3n) is 5.98. The minimum absolute atomic E-state index is 0.189. The van der Waals surface area contributed by atoms with Crippen molar-refractivity contribution in [1.82, 2.24) is 9.29 Å². The first kappa shape index (κ1) is 26.8. The number of nitrogens with one attached hydrogen (secondary N) is 1. The number of unbranched alkanes of at least 4 members (excludes halogenated alkanes) is 2. The summed E-state index contributed by atoms with van der Waals surface area (Å²) in [5, 5.41) is 5.90. The standard InChI is InChI=1S/C27H31N3O5S2/c1-4-6-14-30(15-7-5-2)37(32,33)22-11-8-19(9-12-22)26(31)29-27-28-23(18-36-27)25-17-20-16-21(34-3)10-13-24(20)35-25/h8-13,16-18H,4-7,14-15H2,1-3H3,(H,28,29,31). The molecule has 1 N–H and O–H groups in total. The molecule has 0 aliphatic carbocycles. The quantitative estimate of drug-likeness (QED) is 0.222. The topological polar surface area (TPSA) is 102 Å². The summed E-state index contributed by atoms with van der Waals surface area (Å²) in [5.41, 5.74) is 1.67. The molecule has 10 heteroatoms. The van der Waals surface area contributed by atoms with Crippen molar-refractivity contribution in [2.45, 2.75) is 44.4 Å². The summed E-state index contributed by atoms with van der Waals surface area (Å²) in [6, 6.07) is 13.5. The number of fused-ring (bicyclic) bond motifs is 1. The van der Waals surface area contributed by atoms with Crippen LogP contribution in [0.2, 0.25) is 0 Å². The van der Waals surface area contributed by atoms with Crippen LogP contribution >= 0.6 is 11.3 Å². The van der Waals surface area contributed by atoms with Gasteiger partial charge in [0.1, 0.15) is 17.0 Å². The van der Waals surface area contributed by atoms with Gasteiger partial charge in [-0.05, 0) is 61.4 Å². The number of anilines is 1. The number of carbonyl (C=O) groups excluding carboxylic acids is 1. The number of amides is 1. The van der Waals surface area contributed by atoms with Crippen molar-refractivity contribution in [1.29, 1.82) is 0 Å². The Kier molecular flexibility index (Phi) is 8.63. The van der Waals surface area contributed by atoms with Crippen LogP contribution < -0.4 is 10.1 Å². The van der Waals surface area contributed by atoms with E-state index in [0.717, 1.165) is 36.8 Å². The van der Waals surface area contributed by atoms with Gasteiger partial charge >= 0.3 is 0 Å². The molecule has 0 spiro atoms. The van der Waals surface area contributed by atoms with Crippen molar-refractivity contribution in [2.75, 3.05) is 25.5 Å². The summed E-state index contributed by atoms with van der Waals surface area (Å²) < 4.78 is 39.0. The molecule has 8 nitrogen and oxygen atoms in total. The van der Waals surface area contributed by atoms with Crippen molar-refractivity contribution in [3.8, 4) is 17.2 Å². The van der Waals surface area contributed by atoms with Gasteiger partial charge in [0.05, 0.1) is 12.0 Å². The Labute approximate surface area is 221 Å². The van der Waals surface area contributed by atoms with Gasteiger partial charge in [-0.3, -0.25) is 10.1 Å². The highest BCUT2D eigenvalue weighted by Crippen LogP contribution is 2.32. The van der Waals surface area contributed by atoms with Gasteiger partial charge in [-0.25, -0.2) is 13.4 Å². The number of furan rings is 1. The number of nitrogens with zero attached hydrogens (tertiary/aromatic N) is 2. The highest BCUT2D eigenvalue weighted by atomic mass is 32.2. The van der Waals surface area contributed by atoms with Gasteiger partial charge in [-0.15, -0.1) is 11.3 Å². The van der Waals surface area contributed by atoms with Gasteiger partial charge < -0.3 is 9.15 Å². The smallest absolute Gasteiger partial charge is 0.257 e. The van der Waals surface area contributed by atoms with Crippen molar-refractivity contribution in [3.05, 3.63) is 59.5 Å². The number of carbonyl (C=O) groups is 1. The molecular formula is C27H31N3O5S2. The second-order valence-electron chi connectivity index (χ2n) is 8.64. The van der Waals surface area contributed by atoms with Gasteiger partial charge in [0.25, 0.3) is 5.91 Å². The number of benzene rings is 2. The molecule has 0 aliphatic rings. The second-order valence-corrected chi connectivity index (χ2v) is 11.4. The molecule has 4 rings (SSSR count). The molecule has 37 heavy (non-hydrogen) atoms. The third-order valence-corrected chi connectivity index (χ3v) is 8.65. The van der Waals surface area contributed by atoms with E-state index in [0.29, 0.717) is 40.8 Å². The Hall–Kier alpha value is -3.21. The van der Waals surface area contributed by atoms with Crippen LogP contribution in [0, 0.1) is 0 Å². The number of aromatic nitrogens is 1. The molecule has 0 atom stereocenters. The maximum absolute atomic E-state index is 13.2. The van der Waals surface area contributed by atoms with Crippen LogP contribution in [-0.4, -0.2) is 43.8 Å². The van der Waals surface area contributed by atoms with Crippen LogP contribution in [0.1, 0.15) is 49.9 Å². The molecule has 196 valence electrons. The molecule has 0 radical (unpaired) electrons. The molecule has 0 aliphatic heterocycles. The van der Waals surface area contributed by atoms with Gasteiger partial charge in [0.2, 0.25) is 10.0 Å². The molecule has 0 fully saturated rings. The summed E-state index contributed by atoms with van der Waals surface area (Å²) >= 11 is 1.28. The highest BCUT2D eigenvalue weighted by Gasteiger charge is 2.24. The normalized spacial score (nSPS) is 11.8. The molecule has 2 aromatic heterocycles. The Bertz CT molecular complexity index is 1450. The molecule has 0 saturated carbocycles. The van der Waals surface area contributed by atoms with Gasteiger partial charge in [-0.1, -0.05) is 26.7 Å². The van der Waals surface area contributed by atoms with E-state index in [1.807, 2.05) is 38.1 Å². The fourth-order valence-corrected chi connectivity index (χ4v) is 6.05. The summed E-state index contributed by atoms with van der Waals surface area (Å²) in [7, 11) is -2.01. The minimum atomic E-state index is -3.62. The van der Waals surface area contributed by atoms with Crippen molar-refractivity contribution in [3.63, 3.8) is 0 Å². The van der Waals surface area contributed by atoms with E-state index >= 15 is 0 Å². The first-order valence-electron chi connectivity index (χ1n) is 12.3. The molecule has 4 aromatic rings. The number of ether oxygens (including phenoxy) is 1. The van der Waals surface area contributed by atoms with Gasteiger partial charge in [0.15, 0.2) is 10.9 Å². The first-order chi connectivity index (χ1) is 17.8. The van der Waals surface area contributed by atoms with Crippen molar-refractivity contribution < 1.29 is 22.4 Å². The number of hydrogen-bond donors (Lipinski definition) is 1. The third kappa shape index (κ3) is 6.20. The van der Waals surface area contributed by atoms with Crippen LogP contribution in [-0.2, 0) is 10.0 Å². The van der Waals surface area contributed by atoms with E-state index < -0.39 is 10.0 Å². The van der Waals surface area contributed by atoms with E-state index in [9.17, 15) is 13.2 Å². The van der Waals surface area contributed by atoms with Crippen molar-refractivity contribution >= 4 is 43.4 Å². The average molecular weight is 542 g/mol.